The lowest BCUT2D eigenvalue weighted by Crippen LogP contribution is -2.49. The van der Waals surface area contributed by atoms with E-state index in [4.69, 9.17) is 32.2 Å². The van der Waals surface area contributed by atoms with Gasteiger partial charge in [0.25, 0.3) is 0 Å². The Kier molecular flexibility index (Phi) is 20.8. The van der Waals surface area contributed by atoms with Crippen molar-refractivity contribution in [2.45, 2.75) is 82.3 Å². The molecule has 0 fully saturated rings. The van der Waals surface area contributed by atoms with E-state index in [-0.39, 0.29) is 13.2 Å². The topological polar surface area (TPSA) is 131 Å². The number of aliphatic hydroxyl groups excluding tert-OH is 2. The van der Waals surface area contributed by atoms with Crippen LogP contribution >= 0.6 is 42.5 Å². The second-order valence-corrected chi connectivity index (χ2v) is 11.2. The first kappa shape index (κ1) is 34.5. The summed E-state index contributed by atoms with van der Waals surface area (Å²) in [4.78, 5) is 31.3. The van der Waals surface area contributed by atoms with Gasteiger partial charge in [0.15, 0.2) is 0 Å². The van der Waals surface area contributed by atoms with Crippen molar-refractivity contribution in [1.82, 2.24) is 0 Å². The van der Waals surface area contributed by atoms with Crippen LogP contribution in [0.5, 0.6) is 0 Å². The van der Waals surface area contributed by atoms with Gasteiger partial charge in [0, 0.05) is 15.9 Å². The molecule has 0 saturated carbocycles. The van der Waals surface area contributed by atoms with Crippen molar-refractivity contribution in [2.75, 3.05) is 19.0 Å². The van der Waals surface area contributed by atoms with E-state index in [2.05, 4.69) is 23.9 Å². The fourth-order valence-electron chi connectivity index (χ4n) is 3.91. The lowest BCUT2D eigenvalue weighted by atomic mass is 9.70. The van der Waals surface area contributed by atoms with Crippen LogP contribution in [-0.4, -0.2) is 48.8 Å². The molecule has 6 N–H and O–H groups in total. The van der Waals surface area contributed by atoms with E-state index in [9.17, 15) is 10.2 Å². The Labute approximate surface area is 218 Å². The molecule has 0 spiro atoms. The molecule has 0 heterocycles. The number of thiol groups is 2. The fraction of sp³-hybridized carbons (Fsp3) is 0.739. The summed E-state index contributed by atoms with van der Waals surface area (Å²) in [6.45, 7) is 2.01. The lowest BCUT2D eigenvalue weighted by Gasteiger charge is -2.46. The van der Waals surface area contributed by atoms with Gasteiger partial charge in [0.1, 0.15) is 0 Å². The van der Waals surface area contributed by atoms with Crippen molar-refractivity contribution in [2.24, 2.45) is 5.41 Å². The van der Waals surface area contributed by atoms with Gasteiger partial charge in [-0.3, -0.25) is 0 Å². The minimum Gasteiger partial charge on any atom is -0.396 e. The average molecular weight is 559 g/mol. The number of benzene rings is 1. The summed E-state index contributed by atoms with van der Waals surface area (Å²) >= 11 is 9.51. The first-order chi connectivity index (χ1) is 16.2. The van der Waals surface area contributed by atoms with Gasteiger partial charge in [-0.05, 0) is 12.0 Å². The molecular weight excluding hydrogens is 514 g/mol. The van der Waals surface area contributed by atoms with Crippen molar-refractivity contribution < 1.29 is 34.1 Å². The quantitative estimate of drug-likeness (QED) is 0.0683. The molecule has 1 rings (SSSR count). The highest BCUT2D eigenvalue weighted by Crippen LogP contribution is 2.49. The molecule has 0 radical (unpaired) electrons. The monoisotopic (exact) mass is 558 g/mol. The normalized spacial score (nSPS) is 13.6. The first-order valence-corrected chi connectivity index (χ1v) is 15.3. The maximum absolute atomic E-state index is 10.1. The van der Waals surface area contributed by atoms with Crippen LogP contribution in [-0.2, 0) is 9.06 Å². The number of aliphatic hydroxyl groups is 2. The number of hydrogen-bond donors (Lipinski definition) is 8. The number of unbranched alkanes of at least 4 members (excludes halogenated alkanes) is 9. The first-order valence-electron chi connectivity index (χ1n) is 11.9. The SMILES string of the molecule is CCCCCCCCCCCCC(S)(c1ccccc1)C(CO)(CO)CS.OP(O)OP(O)O. The third-order valence-corrected chi connectivity index (χ3v) is 8.80. The molecule has 0 aliphatic carbocycles. The molecule has 1 atom stereocenters. The zero-order valence-electron chi connectivity index (χ0n) is 20.2. The molecule has 0 aliphatic rings. The molecular formula is C23H44O7P2S2. The van der Waals surface area contributed by atoms with E-state index < -0.39 is 27.4 Å². The van der Waals surface area contributed by atoms with Crippen LogP contribution in [0.4, 0.5) is 0 Å². The zero-order chi connectivity index (χ0) is 25.9. The molecule has 1 unspecified atom stereocenters. The Morgan fingerprint density at radius 2 is 1.21 bits per heavy atom. The van der Waals surface area contributed by atoms with Gasteiger partial charge in [0.2, 0.25) is 0 Å². The molecule has 1 aromatic carbocycles. The summed E-state index contributed by atoms with van der Waals surface area (Å²) in [5, 5.41) is 20.2. The molecule has 11 heteroatoms. The summed E-state index contributed by atoms with van der Waals surface area (Å²) in [5.74, 6) is 0.399. The second-order valence-electron chi connectivity index (χ2n) is 8.50. The van der Waals surface area contributed by atoms with Crippen LogP contribution in [0, 0.1) is 5.41 Å². The maximum atomic E-state index is 10.1. The Balaban J connectivity index is 0.00000135. The van der Waals surface area contributed by atoms with Crippen molar-refractivity contribution in [3.63, 3.8) is 0 Å². The average Bonchev–Trinajstić information content (AvgIpc) is 2.82. The van der Waals surface area contributed by atoms with Gasteiger partial charge < -0.3 is 29.8 Å². The second kappa shape index (κ2) is 20.5. The molecule has 1 aromatic rings. The van der Waals surface area contributed by atoms with Gasteiger partial charge in [-0.1, -0.05) is 101 Å². The summed E-state index contributed by atoms with van der Waals surface area (Å²) in [6.07, 6.45) is 13.7. The van der Waals surface area contributed by atoms with Crippen molar-refractivity contribution >= 4 is 42.5 Å². The predicted molar refractivity (Wildman–Crippen MR) is 148 cm³/mol. The van der Waals surface area contributed by atoms with Gasteiger partial charge in [-0.15, -0.1) is 0 Å². The van der Waals surface area contributed by atoms with Crippen LogP contribution in [0.3, 0.4) is 0 Å². The van der Waals surface area contributed by atoms with Crippen LogP contribution < -0.4 is 0 Å². The van der Waals surface area contributed by atoms with Crippen LogP contribution in [0.25, 0.3) is 0 Å². The van der Waals surface area contributed by atoms with E-state index in [1.807, 2.05) is 30.3 Å². The molecule has 0 amide bonds. The van der Waals surface area contributed by atoms with Crippen molar-refractivity contribution in [3.8, 4) is 0 Å². The Hall–Kier alpha value is 0.500. The smallest absolute Gasteiger partial charge is 0.334 e. The summed E-state index contributed by atoms with van der Waals surface area (Å²) in [7, 11) is -5.22. The Morgan fingerprint density at radius 1 is 0.765 bits per heavy atom. The van der Waals surface area contributed by atoms with E-state index in [1.165, 1.54) is 57.8 Å². The highest BCUT2D eigenvalue weighted by atomic mass is 32.1. The Morgan fingerprint density at radius 3 is 1.56 bits per heavy atom. The van der Waals surface area contributed by atoms with Crippen molar-refractivity contribution in [3.05, 3.63) is 35.9 Å². The molecule has 200 valence electrons. The van der Waals surface area contributed by atoms with E-state index in [1.54, 1.807) is 0 Å². The van der Waals surface area contributed by atoms with Gasteiger partial charge in [-0.2, -0.15) is 25.3 Å². The minimum atomic E-state index is -2.61. The zero-order valence-corrected chi connectivity index (χ0v) is 23.7. The lowest BCUT2D eigenvalue weighted by molar-refractivity contribution is 0.0349. The minimum absolute atomic E-state index is 0.122. The molecule has 0 aliphatic heterocycles. The Bertz CT molecular complexity index is 582. The number of rotatable bonds is 18. The molecule has 0 saturated heterocycles. The predicted octanol–water partition coefficient (Wildman–Crippen LogP) is 5.45. The number of hydrogen-bond acceptors (Lipinski definition) is 9. The molecule has 7 nitrogen and oxygen atoms in total. The summed E-state index contributed by atoms with van der Waals surface area (Å²) in [6, 6.07) is 10.1. The standard InChI is InChI=1S/C23H40O2S2.H4O5P2/c1-2-3-4-5-6-7-8-9-10-14-17-23(27,21-15-12-11-13-16-21)22(18-24,19-25)20-26;1-6(2)5-7(3)4/h11-13,15-16,24-27H,2-10,14,17-20H2,1H3;1-4H. The van der Waals surface area contributed by atoms with E-state index in [0.29, 0.717) is 5.75 Å². The van der Waals surface area contributed by atoms with E-state index in [0.717, 1.165) is 18.4 Å². The third kappa shape index (κ3) is 13.2. The fourth-order valence-corrected chi connectivity index (χ4v) is 5.55. The highest BCUT2D eigenvalue weighted by molar-refractivity contribution is 7.82. The maximum Gasteiger partial charge on any atom is 0.334 e. The molecule has 34 heavy (non-hydrogen) atoms. The van der Waals surface area contributed by atoms with Crippen LogP contribution in [0.1, 0.15) is 83.1 Å². The third-order valence-electron chi connectivity index (χ3n) is 6.07. The van der Waals surface area contributed by atoms with Crippen molar-refractivity contribution in [1.29, 1.82) is 0 Å². The van der Waals surface area contributed by atoms with Gasteiger partial charge >= 0.3 is 17.2 Å². The summed E-state index contributed by atoms with van der Waals surface area (Å²) in [5.41, 5.74) is 0.321. The van der Waals surface area contributed by atoms with E-state index >= 15 is 0 Å². The molecule has 0 bridgehead atoms. The summed E-state index contributed by atoms with van der Waals surface area (Å²) < 4.78 is 3.02. The van der Waals surface area contributed by atoms with Crippen LogP contribution in [0.15, 0.2) is 30.3 Å². The van der Waals surface area contributed by atoms with Gasteiger partial charge in [0.05, 0.1) is 13.2 Å². The largest absolute Gasteiger partial charge is 0.396 e. The van der Waals surface area contributed by atoms with Crippen LogP contribution in [0.2, 0.25) is 0 Å². The van der Waals surface area contributed by atoms with Gasteiger partial charge in [-0.25, -0.2) is 4.31 Å². The highest BCUT2D eigenvalue weighted by Gasteiger charge is 2.48. The molecule has 0 aromatic heterocycles.